The lowest BCUT2D eigenvalue weighted by Crippen LogP contribution is -2.42. The first-order chi connectivity index (χ1) is 15.0. The van der Waals surface area contributed by atoms with E-state index >= 15 is 0 Å². The highest BCUT2D eigenvalue weighted by Gasteiger charge is 2.28. The summed E-state index contributed by atoms with van der Waals surface area (Å²) >= 11 is 1.58. The van der Waals surface area contributed by atoms with Gasteiger partial charge in [0.25, 0.3) is 0 Å². The molecule has 2 aromatic rings. The van der Waals surface area contributed by atoms with Crippen LogP contribution in [0.1, 0.15) is 48.7 Å². The van der Waals surface area contributed by atoms with Gasteiger partial charge in [0, 0.05) is 23.7 Å². The molecule has 2 aliphatic rings. The number of likely N-dealkylation sites (tertiary alicyclic amines) is 1. The molecule has 1 aromatic carbocycles. The van der Waals surface area contributed by atoms with E-state index < -0.39 is 11.9 Å². The van der Waals surface area contributed by atoms with Gasteiger partial charge in [0.15, 0.2) is 0 Å². The van der Waals surface area contributed by atoms with Crippen molar-refractivity contribution in [2.24, 2.45) is 0 Å². The number of nitrogens with zero attached hydrogens (tertiary/aromatic N) is 3. The summed E-state index contributed by atoms with van der Waals surface area (Å²) in [5.74, 6) is -1.06. The van der Waals surface area contributed by atoms with Crippen molar-refractivity contribution in [3.63, 3.8) is 0 Å². The van der Waals surface area contributed by atoms with Crippen LogP contribution in [0.2, 0.25) is 0 Å². The van der Waals surface area contributed by atoms with Gasteiger partial charge >= 0.3 is 17.9 Å². The minimum atomic E-state index is -0.813. The van der Waals surface area contributed by atoms with Gasteiger partial charge in [0.1, 0.15) is 0 Å². The third-order valence-corrected chi connectivity index (χ3v) is 6.32. The maximum absolute atomic E-state index is 12.5. The third-order valence-electron chi connectivity index (χ3n) is 5.46. The van der Waals surface area contributed by atoms with Crippen molar-refractivity contribution in [1.82, 2.24) is 14.8 Å². The van der Waals surface area contributed by atoms with E-state index in [0.29, 0.717) is 32.1 Å². The fourth-order valence-electron chi connectivity index (χ4n) is 3.78. The molecule has 1 saturated heterocycles. The van der Waals surface area contributed by atoms with Gasteiger partial charge < -0.3 is 19.9 Å². The second-order valence-corrected chi connectivity index (χ2v) is 8.13. The summed E-state index contributed by atoms with van der Waals surface area (Å²) in [6.45, 7) is 6.22. The Kier molecular flexibility index (Phi) is 7.62. The van der Waals surface area contributed by atoms with E-state index in [-0.39, 0.29) is 6.03 Å². The summed E-state index contributed by atoms with van der Waals surface area (Å²) in [5, 5.41) is 2.94. The maximum Gasteiger partial charge on any atom is 0.396 e. The van der Waals surface area contributed by atoms with Crippen molar-refractivity contribution in [3.8, 4) is 0 Å². The number of amides is 3. The van der Waals surface area contributed by atoms with Crippen molar-refractivity contribution in [2.45, 2.75) is 45.7 Å². The molecule has 8 nitrogen and oxygen atoms in total. The lowest BCUT2D eigenvalue weighted by molar-refractivity contribution is -0.158. The third kappa shape index (κ3) is 5.22. The highest BCUT2D eigenvalue weighted by Crippen LogP contribution is 2.29. The van der Waals surface area contributed by atoms with Crippen LogP contribution in [0, 0.1) is 0 Å². The lowest BCUT2D eigenvalue weighted by atomic mass is 9.89. The van der Waals surface area contributed by atoms with Gasteiger partial charge in [-0.15, -0.1) is 11.3 Å². The minimum Gasteiger partial charge on any atom is -0.462 e. The molecule has 9 heteroatoms. The van der Waals surface area contributed by atoms with Gasteiger partial charge in [-0.3, -0.25) is 4.79 Å². The molecule has 0 unspecified atom stereocenters. The van der Waals surface area contributed by atoms with Crippen LogP contribution in [-0.2, 0) is 27.4 Å². The standard InChI is InChI=1S/C20H22N4O4S.C2H6/c1-28-19(26)18(25)23-8-6-14(7-9-23)13-2-4-15(5-3-13)22-20(27)24-10-16-17(11-24)29-12-21-16;1-2/h2-5,12,14H,6-11H2,1H3,(H,22,27);1-2H3. The molecule has 0 saturated carbocycles. The molecule has 3 heterocycles. The van der Waals surface area contributed by atoms with E-state index in [9.17, 15) is 14.4 Å². The Morgan fingerprint density at radius 2 is 1.74 bits per heavy atom. The summed E-state index contributed by atoms with van der Waals surface area (Å²) in [5.41, 5.74) is 4.72. The molecule has 31 heavy (non-hydrogen) atoms. The van der Waals surface area contributed by atoms with E-state index in [4.69, 9.17) is 0 Å². The molecule has 3 amide bonds. The number of fused-ring (bicyclic) bond motifs is 1. The van der Waals surface area contributed by atoms with Gasteiger partial charge in [-0.25, -0.2) is 14.6 Å². The molecule has 0 atom stereocenters. The number of esters is 1. The van der Waals surface area contributed by atoms with Crippen LogP contribution in [0.25, 0.3) is 0 Å². The Balaban J connectivity index is 0.00000132. The van der Waals surface area contributed by atoms with Crippen LogP contribution in [0.5, 0.6) is 0 Å². The number of methoxy groups -OCH3 is 1. The maximum atomic E-state index is 12.5. The molecule has 2 aliphatic heterocycles. The highest BCUT2D eigenvalue weighted by atomic mass is 32.1. The van der Waals surface area contributed by atoms with Crippen LogP contribution in [0.3, 0.4) is 0 Å². The van der Waals surface area contributed by atoms with Crippen LogP contribution < -0.4 is 5.32 Å². The smallest absolute Gasteiger partial charge is 0.396 e. The number of nitrogens with one attached hydrogen (secondary N) is 1. The zero-order chi connectivity index (χ0) is 22.4. The van der Waals surface area contributed by atoms with Crippen molar-refractivity contribution in [3.05, 3.63) is 45.9 Å². The predicted octanol–water partition coefficient (Wildman–Crippen LogP) is 3.60. The number of hydrogen-bond acceptors (Lipinski definition) is 6. The molecule has 4 rings (SSSR count). The second kappa shape index (κ2) is 10.4. The van der Waals surface area contributed by atoms with Crippen molar-refractivity contribution >= 4 is 34.9 Å². The first kappa shape index (κ1) is 22.7. The van der Waals surface area contributed by atoms with E-state index in [1.165, 1.54) is 12.7 Å². The molecule has 166 valence electrons. The lowest BCUT2D eigenvalue weighted by Gasteiger charge is -2.31. The average molecular weight is 445 g/mol. The molecule has 1 fully saturated rings. The van der Waals surface area contributed by atoms with Gasteiger partial charge in [-0.2, -0.15) is 0 Å². The Labute approximate surface area is 186 Å². The number of hydrogen-bond donors (Lipinski definition) is 1. The Hall–Kier alpha value is -2.94. The Morgan fingerprint density at radius 1 is 1.06 bits per heavy atom. The monoisotopic (exact) mass is 444 g/mol. The van der Waals surface area contributed by atoms with Crippen LogP contribution in [0.15, 0.2) is 29.8 Å². The van der Waals surface area contributed by atoms with Crippen molar-refractivity contribution in [1.29, 1.82) is 0 Å². The Bertz CT molecular complexity index is 899. The van der Waals surface area contributed by atoms with Gasteiger partial charge in [0.2, 0.25) is 0 Å². The molecule has 0 bridgehead atoms. The number of aromatic nitrogens is 1. The quantitative estimate of drug-likeness (QED) is 0.564. The van der Waals surface area contributed by atoms with Crippen molar-refractivity contribution in [2.75, 3.05) is 25.5 Å². The predicted molar refractivity (Wildman–Crippen MR) is 119 cm³/mol. The molecule has 0 aliphatic carbocycles. The number of anilines is 1. The van der Waals surface area contributed by atoms with Crippen LogP contribution in [0.4, 0.5) is 10.5 Å². The van der Waals surface area contributed by atoms with Crippen molar-refractivity contribution < 1.29 is 19.1 Å². The number of carbonyl (C=O) groups excluding carboxylic acids is 3. The molecule has 0 spiro atoms. The number of urea groups is 1. The van der Waals surface area contributed by atoms with Gasteiger partial charge in [-0.1, -0.05) is 26.0 Å². The number of carbonyl (C=O) groups is 3. The van der Waals surface area contributed by atoms with E-state index in [0.717, 1.165) is 29.1 Å². The fourth-order valence-corrected chi connectivity index (χ4v) is 4.57. The van der Waals surface area contributed by atoms with Gasteiger partial charge in [-0.05, 0) is 36.5 Å². The first-order valence-electron chi connectivity index (χ1n) is 10.5. The zero-order valence-electron chi connectivity index (χ0n) is 18.1. The number of rotatable bonds is 2. The van der Waals surface area contributed by atoms with Gasteiger partial charge in [0.05, 0.1) is 31.4 Å². The minimum absolute atomic E-state index is 0.127. The summed E-state index contributed by atoms with van der Waals surface area (Å²) in [7, 11) is 1.22. The molecule has 1 aromatic heterocycles. The average Bonchev–Trinajstić information content (AvgIpc) is 3.43. The number of piperidine rings is 1. The molecular formula is C22H28N4O4S. The van der Waals surface area contributed by atoms with Crippen LogP contribution >= 0.6 is 11.3 Å². The fraction of sp³-hybridized carbons (Fsp3) is 0.455. The summed E-state index contributed by atoms with van der Waals surface area (Å²) < 4.78 is 4.50. The summed E-state index contributed by atoms with van der Waals surface area (Å²) in [4.78, 5) is 44.4. The highest BCUT2D eigenvalue weighted by molar-refractivity contribution is 7.09. The van der Waals surface area contributed by atoms with E-state index in [1.807, 2.05) is 43.6 Å². The summed E-state index contributed by atoms with van der Waals surface area (Å²) in [6.07, 6.45) is 1.58. The normalized spacial score (nSPS) is 15.6. The van der Waals surface area contributed by atoms with Crippen LogP contribution in [-0.4, -0.2) is 52.9 Å². The number of thiazole rings is 1. The number of ether oxygens (including phenoxy) is 1. The van der Waals surface area contributed by atoms with E-state index in [2.05, 4.69) is 15.0 Å². The largest absolute Gasteiger partial charge is 0.462 e. The SMILES string of the molecule is CC.COC(=O)C(=O)N1CCC(c2ccc(NC(=O)N3Cc4ncsc4C3)cc2)CC1. The van der Waals surface area contributed by atoms with E-state index in [1.54, 1.807) is 21.1 Å². The number of benzene rings is 1. The molecular weight excluding hydrogens is 416 g/mol. The molecule has 1 N–H and O–H groups in total. The second-order valence-electron chi connectivity index (χ2n) is 7.19. The Morgan fingerprint density at radius 3 is 2.35 bits per heavy atom. The zero-order valence-corrected chi connectivity index (χ0v) is 18.9. The first-order valence-corrected chi connectivity index (χ1v) is 11.4. The molecule has 0 radical (unpaired) electrons. The summed E-state index contributed by atoms with van der Waals surface area (Å²) in [6, 6.07) is 7.71. The topological polar surface area (TPSA) is 91.8 Å².